The van der Waals surface area contributed by atoms with Crippen molar-refractivity contribution in [3.8, 4) is 0 Å². The van der Waals surface area contributed by atoms with E-state index in [0.717, 1.165) is 22.4 Å². The summed E-state index contributed by atoms with van der Waals surface area (Å²) in [6, 6.07) is 32.7. The molecule has 1 aliphatic heterocycles. The Balaban J connectivity index is 1.69. The topological polar surface area (TPSA) is 75.8 Å². The van der Waals surface area contributed by atoms with Gasteiger partial charge in [-0.2, -0.15) is 0 Å². The van der Waals surface area contributed by atoms with E-state index < -0.39 is 11.0 Å². The Hall–Kier alpha value is -4.58. The van der Waals surface area contributed by atoms with Gasteiger partial charge in [-0.3, -0.25) is 24.8 Å². The van der Waals surface area contributed by atoms with Gasteiger partial charge in [0.1, 0.15) is 6.04 Å². The fraction of sp³-hybridized carbons (Fsp3) is 0.0714. The quantitative estimate of drug-likeness (QED) is 0.290. The van der Waals surface area contributed by atoms with E-state index in [1.54, 1.807) is 17.0 Å². The number of hydrogen-bond donors (Lipinski definition) is 0. The first-order chi connectivity index (χ1) is 16.6. The minimum absolute atomic E-state index is 0.0265. The average Bonchev–Trinajstić information content (AvgIpc) is 3.00. The number of benzodiazepines with no additional fused rings is 1. The lowest BCUT2D eigenvalue weighted by Crippen LogP contribution is -2.35. The number of non-ortho nitro benzene ring substituents is 1. The van der Waals surface area contributed by atoms with Gasteiger partial charge in [0.15, 0.2) is 0 Å². The Morgan fingerprint density at radius 1 is 0.794 bits per heavy atom. The van der Waals surface area contributed by atoms with Crippen LogP contribution in [0.25, 0.3) is 0 Å². The molecule has 1 atom stereocenters. The highest BCUT2D eigenvalue weighted by molar-refractivity contribution is 6.21. The molecule has 0 bridgehead atoms. The summed E-state index contributed by atoms with van der Waals surface area (Å²) in [7, 11) is 0. The first-order valence-electron chi connectivity index (χ1n) is 11.0. The van der Waals surface area contributed by atoms with Crippen molar-refractivity contribution in [2.75, 3.05) is 4.90 Å². The van der Waals surface area contributed by atoms with Crippen molar-refractivity contribution in [1.82, 2.24) is 0 Å². The lowest BCUT2D eigenvalue weighted by atomic mass is 10.00. The van der Waals surface area contributed by atoms with Gasteiger partial charge in [0, 0.05) is 35.4 Å². The molecule has 6 nitrogen and oxygen atoms in total. The van der Waals surface area contributed by atoms with Gasteiger partial charge >= 0.3 is 0 Å². The second-order valence-electron chi connectivity index (χ2n) is 8.01. The molecule has 0 saturated heterocycles. The zero-order valence-corrected chi connectivity index (χ0v) is 18.2. The monoisotopic (exact) mass is 447 g/mol. The second-order valence-corrected chi connectivity index (χ2v) is 8.01. The molecule has 0 saturated carbocycles. The lowest BCUT2D eigenvalue weighted by molar-refractivity contribution is -0.384. The van der Waals surface area contributed by atoms with Crippen LogP contribution in [0.5, 0.6) is 0 Å². The predicted molar refractivity (Wildman–Crippen MR) is 133 cm³/mol. The van der Waals surface area contributed by atoms with Gasteiger partial charge in [0.25, 0.3) is 11.6 Å². The number of anilines is 2. The highest BCUT2D eigenvalue weighted by Crippen LogP contribution is 2.35. The van der Waals surface area contributed by atoms with Crippen molar-refractivity contribution >= 4 is 28.7 Å². The number of carbonyl (C=O) groups is 1. The standard InChI is InChI=1S/C28H21N3O3/c32-28-25(19-20-9-3-1-4-10-20)29-27(21-11-5-2-6-12-21)24-13-7-8-14-26(24)30(28)22-15-17-23(18-16-22)31(33)34/h1-18,25H,19H2. The molecule has 0 aromatic heterocycles. The van der Waals surface area contributed by atoms with E-state index in [-0.39, 0.29) is 11.6 Å². The summed E-state index contributed by atoms with van der Waals surface area (Å²) in [5.41, 5.74) is 4.73. The largest absolute Gasteiger partial charge is 0.279 e. The molecule has 0 N–H and O–H groups in total. The number of nitro groups is 1. The van der Waals surface area contributed by atoms with Crippen LogP contribution in [0.15, 0.2) is 114 Å². The molecule has 1 unspecified atom stereocenters. The number of carbonyl (C=O) groups excluding carboxylic acids is 1. The molecule has 1 heterocycles. The maximum atomic E-state index is 14.0. The van der Waals surface area contributed by atoms with Gasteiger partial charge in [-0.25, -0.2) is 0 Å². The fourth-order valence-corrected chi connectivity index (χ4v) is 4.20. The molecule has 1 aliphatic rings. The molecule has 0 spiro atoms. The number of rotatable bonds is 5. The van der Waals surface area contributed by atoms with E-state index in [0.29, 0.717) is 17.8 Å². The minimum atomic E-state index is -0.666. The molecular formula is C28H21N3O3. The smallest absolute Gasteiger partial charge is 0.269 e. The third kappa shape index (κ3) is 4.09. The molecule has 0 radical (unpaired) electrons. The summed E-state index contributed by atoms with van der Waals surface area (Å²) in [5, 5.41) is 11.2. The fourth-order valence-electron chi connectivity index (χ4n) is 4.20. The lowest BCUT2D eigenvalue weighted by Gasteiger charge is -2.25. The Bertz CT molecular complexity index is 1370. The van der Waals surface area contributed by atoms with Crippen molar-refractivity contribution in [2.24, 2.45) is 4.99 Å². The third-order valence-electron chi connectivity index (χ3n) is 5.83. The van der Waals surface area contributed by atoms with E-state index in [1.807, 2.05) is 84.9 Å². The number of hydrogen-bond acceptors (Lipinski definition) is 4. The summed E-state index contributed by atoms with van der Waals surface area (Å²) in [6.07, 6.45) is 0.438. The molecule has 5 rings (SSSR count). The van der Waals surface area contributed by atoms with Crippen LogP contribution in [0.3, 0.4) is 0 Å². The maximum absolute atomic E-state index is 14.0. The molecule has 1 amide bonds. The molecule has 6 heteroatoms. The SMILES string of the molecule is O=C1C(Cc2ccccc2)N=C(c2ccccc2)c2ccccc2N1c1ccc([N+](=O)[O-])cc1. The molecule has 166 valence electrons. The van der Waals surface area contributed by atoms with Crippen LogP contribution in [0.4, 0.5) is 17.1 Å². The van der Waals surface area contributed by atoms with E-state index in [9.17, 15) is 14.9 Å². The highest BCUT2D eigenvalue weighted by Gasteiger charge is 2.33. The van der Waals surface area contributed by atoms with Crippen molar-refractivity contribution < 1.29 is 9.72 Å². The molecule has 0 fully saturated rings. The third-order valence-corrected chi connectivity index (χ3v) is 5.83. The zero-order chi connectivity index (χ0) is 23.5. The number of aliphatic imine (C=N–C) groups is 1. The van der Waals surface area contributed by atoms with Crippen LogP contribution in [0.2, 0.25) is 0 Å². The number of nitro benzene ring substituents is 1. The summed E-state index contributed by atoms with van der Waals surface area (Å²) in [6.45, 7) is 0. The summed E-state index contributed by atoms with van der Waals surface area (Å²) >= 11 is 0. The van der Waals surface area contributed by atoms with Crippen LogP contribution in [0, 0.1) is 10.1 Å². The summed E-state index contributed by atoms with van der Waals surface area (Å²) in [4.78, 5) is 31.3. The summed E-state index contributed by atoms with van der Waals surface area (Å²) < 4.78 is 0. The molecule has 0 aliphatic carbocycles. The first kappa shape index (κ1) is 21.3. The van der Waals surface area contributed by atoms with Crippen molar-refractivity contribution in [3.05, 3.63) is 136 Å². The Morgan fingerprint density at radius 3 is 2.09 bits per heavy atom. The highest BCUT2D eigenvalue weighted by atomic mass is 16.6. The van der Waals surface area contributed by atoms with Crippen molar-refractivity contribution in [2.45, 2.75) is 12.5 Å². The number of amides is 1. The second kappa shape index (κ2) is 9.11. The van der Waals surface area contributed by atoms with Gasteiger partial charge in [0.05, 0.1) is 16.3 Å². The Kier molecular flexibility index (Phi) is 5.70. The Morgan fingerprint density at radius 2 is 1.41 bits per heavy atom. The zero-order valence-electron chi connectivity index (χ0n) is 18.2. The van der Waals surface area contributed by atoms with Gasteiger partial charge in [-0.05, 0) is 23.8 Å². The average molecular weight is 447 g/mol. The molecular weight excluding hydrogens is 426 g/mol. The van der Waals surface area contributed by atoms with E-state index >= 15 is 0 Å². The van der Waals surface area contributed by atoms with Gasteiger partial charge < -0.3 is 0 Å². The molecule has 34 heavy (non-hydrogen) atoms. The normalized spacial score (nSPS) is 15.3. The molecule has 4 aromatic carbocycles. The Labute approximate surface area is 197 Å². The predicted octanol–water partition coefficient (Wildman–Crippen LogP) is 5.72. The number of nitrogens with zero attached hydrogens (tertiary/aromatic N) is 3. The van der Waals surface area contributed by atoms with Gasteiger partial charge in [0.2, 0.25) is 0 Å². The first-order valence-corrected chi connectivity index (χ1v) is 11.0. The number of benzene rings is 4. The maximum Gasteiger partial charge on any atom is 0.269 e. The van der Waals surface area contributed by atoms with Crippen molar-refractivity contribution in [3.63, 3.8) is 0 Å². The van der Waals surface area contributed by atoms with Gasteiger partial charge in [-0.1, -0.05) is 78.9 Å². The van der Waals surface area contributed by atoms with Crippen LogP contribution in [-0.2, 0) is 11.2 Å². The van der Waals surface area contributed by atoms with E-state index in [4.69, 9.17) is 4.99 Å². The number of para-hydroxylation sites is 1. The van der Waals surface area contributed by atoms with Gasteiger partial charge in [-0.15, -0.1) is 0 Å². The van der Waals surface area contributed by atoms with Crippen molar-refractivity contribution in [1.29, 1.82) is 0 Å². The van der Waals surface area contributed by atoms with E-state index in [2.05, 4.69) is 0 Å². The van der Waals surface area contributed by atoms with Crippen LogP contribution in [-0.4, -0.2) is 22.6 Å². The number of fused-ring (bicyclic) bond motifs is 1. The van der Waals surface area contributed by atoms with E-state index in [1.165, 1.54) is 12.1 Å². The molecule has 4 aromatic rings. The summed E-state index contributed by atoms with van der Waals surface area (Å²) in [5.74, 6) is -0.184. The van der Waals surface area contributed by atoms with Crippen LogP contribution < -0.4 is 4.90 Å². The van der Waals surface area contributed by atoms with Crippen LogP contribution >= 0.6 is 0 Å². The minimum Gasteiger partial charge on any atom is -0.279 e. The van der Waals surface area contributed by atoms with Crippen LogP contribution in [0.1, 0.15) is 16.7 Å².